The van der Waals surface area contributed by atoms with E-state index < -0.39 is 0 Å². The fraction of sp³-hybridized carbons (Fsp3) is 0.611. The summed E-state index contributed by atoms with van der Waals surface area (Å²) >= 11 is 0. The van der Waals surface area contributed by atoms with Crippen LogP contribution in [0.2, 0.25) is 0 Å². The molecule has 114 valence electrons. The molecule has 3 heteroatoms. The number of carbonyl (C=O) groups excluding carboxylic acids is 1. The van der Waals surface area contributed by atoms with Gasteiger partial charge < -0.3 is 4.74 Å². The number of carbonyl (C=O) groups is 1. The molecule has 1 aliphatic carbocycles. The lowest BCUT2D eigenvalue weighted by molar-refractivity contribution is 0.0713. The molecule has 2 atom stereocenters. The van der Waals surface area contributed by atoms with Gasteiger partial charge in [-0.2, -0.15) is 0 Å². The summed E-state index contributed by atoms with van der Waals surface area (Å²) in [7, 11) is 1.64. The number of rotatable bonds is 4. The van der Waals surface area contributed by atoms with Crippen LogP contribution in [0.25, 0.3) is 0 Å². The van der Waals surface area contributed by atoms with Crippen molar-refractivity contribution in [3.63, 3.8) is 0 Å². The highest BCUT2D eigenvalue weighted by Crippen LogP contribution is 2.35. The molecule has 0 radical (unpaired) electrons. The second-order valence-corrected chi connectivity index (χ2v) is 6.48. The zero-order chi connectivity index (χ0) is 14.7. The van der Waals surface area contributed by atoms with E-state index in [9.17, 15) is 4.79 Å². The Kier molecular flexibility index (Phi) is 4.59. The van der Waals surface area contributed by atoms with E-state index in [4.69, 9.17) is 4.74 Å². The smallest absolute Gasteiger partial charge is 0.176 e. The molecular formula is C18H25NO2. The highest BCUT2D eigenvalue weighted by molar-refractivity contribution is 5.97. The molecule has 0 N–H and O–H groups in total. The summed E-state index contributed by atoms with van der Waals surface area (Å²) in [6.45, 7) is 2.77. The van der Waals surface area contributed by atoms with Crippen molar-refractivity contribution in [2.24, 2.45) is 11.8 Å². The maximum atomic E-state index is 12.4. The summed E-state index contributed by atoms with van der Waals surface area (Å²) in [4.78, 5) is 14.8. The lowest BCUT2D eigenvalue weighted by Gasteiger charge is -2.41. The SMILES string of the molecule is COc1ccc(C(=O)CN2CCC3CCCCC3C2)cc1. The van der Waals surface area contributed by atoms with Gasteiger partial charge in [0, 0.05) is 12.1 Å². The maximum Gasteiger partial charge on any atom is 0.176 e. The van der Waals surface area contributed by atoms with Gasteiger partial charge in [-0.15, -0.1) is 0 Å². The highest BCUT2D eigenvalue weighted by Gasteiger charge is 2.31. The molecule has 1 saturated heterocycles. The number of hydrogen-bond acceptors (Lipinski definition) is 3. The van der Waals surface area contributed by atoms with Gasteiger partial charge in [-0.3, -0.25) is 9.69 Å². The normalized spacial score (nSPS) is 26.1. The number of likely N-dealkylation sites (tertiary alicyclic amines) is 1. The molecule has 0 spiro atoms. The lowest BCUT2D eigenvalue weighted by Crippen LogP contribution is -2.43. The molecule has 0 amide bonds. The fourth-order valence-electron chi connectivity index (χ4n) is 3.89. The van der Waals surface area contributed by atoms with Crippen molar-refractivity contribution in [3.05, 3.63) is 29.8 Å². The van der Waals surface area contributed by atoms with Crippen molar-refractivity contribution in [2.75, 3.05) is 26.7 Å². The Labute approximate surface area is 127 Å². The van der Waals surface area contributed by atoms with Crippen molar-refractivity contribution < 1.29 is 9.53 Å². The number of nitrogens with zero attached hydrogens (tertiary/aromatic N) is 1. The second kappa shape index (κ2) is 6.61. The third kappa shape index (κ3) is 3.46. The molecular weight excluding hydrogens is 262 g/mol. The summed E-state index contributed by atoms with van der Waals surface area (Å²) in [6.07, 6.45) is 6.83. The monoisotopic (exact) mass is 287 g/mol. The van der Waals surface area contributed by atoms with E-state index in [2.05, 4.69) is 4.90 Å². The number of piperidine rings is 1. The van der Waals surface area contributed by atoms with Gasteiger partial charge in [0.2, 0.25) is 0 Å². The van der Waals surface area contributed by atoms with E-state index in [0.717, 1.165) is 36.2 Å². The van der Waals surface area contributed by atoms with E-state index in [0.29, 0.717) is 6.54 Å². The highest BCUT2D eigenvalue weighted by atomic mass is 16.5. The fourth-order valence-corrected chi connectivity index (χ4v) is 3.89. The van der Waals surface area contributed by atoms with Gasteiger partial charge in [0.1, 0.15) is 5.75 Å². The van der Waals surface area contributed by atoms with Crippen LogP contribution in [0.1, 0.15) is 42.5 Å². The van der Waals surface area contributed by atoms with E-state index in [1.165, 1.54) is 32.1 Å². The van der Waals surface area contributed by atoms with Gasteiger partial charge in [-0.1, -0.05) is 19.3 Å². The van der Waals surface area contributed by atoms with Crippen LogP contribution < -0.4 is 4.74 Å². The average Bonchev–Trinajstić information content (AvgIpc) is 2.55. The minimum atomic E-state index is 0.229. The first-order chi connectivity index (χ1) is 10.3. The number of benzene rings is 1. The molecule has 0 bridgehead atoms. The van der Waals surface area contributed by atoms with E-state index in [1.54, 1.807) is 7.11 Å². The van der Waals surface area contributed by atoms with E-state index >= 15 is 0 Å². The molecule has 1 heterocycles. The zero-order valence-electron chi connectivity index (χ0n) is 12.9. The third-order valence-corrected chi connectivity index (χ3v) is 5.15. The number of hydrogen-bond donors (Lipinski definition) is 0. The number of fused-ring (bicyclic) bond motifs is 1. The Bertz CT molecular complexity index is 482. The Hall–Kier alpha value is -1.35. The van der Waals surface area contributed by atoms with Crippen LogP contribution in [0.5, 0.6) is 5.75 Å². The van der Waals surface area contributed by atoms with Gasteiger partial charge in [0.25, 0.3) is 0 Å². The summed E-state index contributed by atoms with van der Waals surface area (Å²) in [5.41, 5.74) is 0.793. The first kappa shape index (κ1) is 14.6. The second-order valence-electron chi connectivity index (χ2n) is 6.48. The molecule has 2 unspecified atom stereocenters. The number of ketones is 1. The van der Waals surface area contributed by atoms with Crippen molar-refractivity contribution in [3.8, 4) is 5.75 Å². The Morgan fingerprint density at radius 2 is 1.86 bits per heavy atom. The molecule has 1 aromatic carbocycles. The Balaban J connectivity index is 1.57. The summed E-state index contributed by atoms with van der Waals surface area (Å²) in [5.74, 6) is 2.78. The molecule has 21 heavy (non-hydrogen) atoms. The molecule has 3 rings (SSSR count). The van der Waals surface area contributed by atoms with E-state index in [-0.39, 0.29) is 5.78 Å². The van der Waals surface area contributed by atoms with Crippen molar-refractivity contribution >= 4 is 5.78 Å². The summed E-state index contributed by atoms with van der Waals surface area (Å²) in [6, 6.07) is 7.46. The third-order valence-electron chi connectivity index (χ3n) is 5.15. The molecule has 2 aliphatic rings. The molecule has 0 aromatic heterocycles. The quantitative estimate of drug-likeness (QED) is 0.795. The van der Waals surface area contributed by atoms with Crippen LogP contribution in [0.4, 0.5) is 0 Å². The summed E-state index contributed by atoms with van der Waals surface area (Å²) in [5, 5.41) is 0. The maximum absolute atomic E-state index is 12.4. The van der Waals surface area contributed by atoms with Crippen LogP contribution in [0, 0.1) is 11.8 Å². The zero-order valence-corrected chi connectivity index (χ0v) is 12.9. The number of ether oxygens (including phenoxy) is 1. The molecule has 1 aliphatic heterocycles. The van der Waals surface area contributed by atoms with Crippen LogP contribution in [0.3, 0.4) is 0 Å². The minimum Gasteiger partial charge on any atom is -0.497 e. The first-order valence-corrected chi connectivity index (χ1v) is 8.16. The standard InChI is InChI=1S/C18H25NO2/c1-21-17-8-6-15(7-9-17)18(20)13-19-11-10-14-4-2-3-5-16(14)12-19/h6-9,14,16H,2-5,10-13H2,1H3. The van der Waals surface area contributed by atoms with E-state index in [1.807, 2.05) is 24.3 Å². The van der Waals surface area contributed by atoms with Gasteiger partial charge in [0.05, 0.1) is 13.7 Å². The van der Waals surface area contributed by atoms with Crippen molar-refractivity contribution in [1.82, 2.24) is 4.90 Å². The van der Waals surface area contributed by atoms with Crippen LogP contribution >= 0.6 is 0 Å². The molecule has 1 aromatic rings. The topological polar surface area (TPSA) is 29.5 Å². The van der Waals surface area contributed by atoms with Gasteiger partial charge in [0.15, 0.2) is 5.78 Å². The predicted octanol–water partition coefficient (Wildman–Crippen LogP) is 3.39. The molecule has 1 saturated carbocycles. The van der Waals surface area contributed by atoms with Gasteiger partial charge >= 0.3 is 0 Å². The van der Waals surface area contributed by atoms with Crippen LogP contribution in [-0.2, 0) is 0 Å². The largest absolute Gasteiger partial charge is 0.497 e. The van der Waals surface area contributed by atoms with Gasteiger partial charge in [-0.05, 0) is 55.5 Å². The van der Waals surface area contributed by atoms with Crippen molar-refractivity contribution in [1.29, 1.82) is 0 Å². The number of methoxy groups -OCH3 is 1. The Morgan fingerprint density at radius 3 is 2.57 bits per heavy atom. The average molecular weight is 287 g/mol. The van der Waals surface area contributed by atoms with Crippen LogP contribution in [0.15, 0.2) is 24.3 Å². The number of Topliss-reactive ketones (excluding diaryl/α,β-unsaturated/α-hetero) is 1. The predicted molar refractivity (Wildman–Crippen MR) is 83.8 cm³/mol. The molecule has 2 fully saturated rings. The van der Waals surface area contributed by atoms with Crippen molar-refractivity contribution in [2.45, 2.75) is 32.1 Å². The lowest BCUT2D eigenvalue weighted by atomic mass is 9.75. The Morgan fingerprint density at radius 1 is 1.14 bits per heavy atom. The van der Waals surface area contributed by atoms with Crippen LogP contribution in [-0.4, -0.2) is 37.4 Å². The first-order valence-electron chi connectivity index (χ1n) is 8.16. The van der Waals surface area contributed by atoms with Gasteiger partial charge in [-0.25, -0.2) is 0 Å². The minimum absolute atomic E-state index is 0.229. The summed E-state index contributed by atoms with van der Waals surface area (Å²) < 4.78 is 5.14. The molecule has 3 nitrogen and oxygen atoms in total.